The molecule has 2 aliphatic rings. The van der Waals surface area contributed by atoms with E-state index in [2.05, 4.69) is 55.0 Å². The number of rotatable bonds is 5. The van der Waals surface area contributed by atoms with Crippen LogP contribution in [0.4, 0.5) is 10.5 Å². The van der Waals surface area contributed by atoms with Gasteiger partial charge in [-0.2, -0.15) is 10.2 Å². The number of nitrogens with zero attached hydrogens (tertiary/aromatic N) is 4. The van der Waals surface area contributed by atoms with E-state index in [0.717, 1.165) is 43.9 Å². The molecule has 0 bridgehead atoms. The first kappa shape index (κ1) is 25.0. The van der Waals surface area contributed by atoms with E-state index < -0.39 is 13.9 Å². The van der Waals surface area contributed by atoms with Gasteiger partial charge in [-0.1, -0.05) is 20.8 Å². The van der Waals surface area contributed by atoms with Gasteiger partial charge < -0.3 is 19.0 Å². The monoisotopic (exact) mass is 462 g/mol. The summed E-state index contributed by atoms with van der Waals surface area (Å²) in [6.07, 6.45) is 3.79. The average Bonchev–Trinajstić information content (AvgIpc) is 2.64. The number of ether oxygens (including phenoxy) is 1. The van der Waals surface area contributed by atoms with Crippen molar-refractivity contribution in [1.29, 1.82) is 0 Å². The summed E-state index contributed by atoms with van der Waals surface area (Å²) in [5.41, 5.74) is 1.69. The molecule has 0 aromatic carbocycles. The van der Waals surface area contributed by atoms with E-state index in [1.807, 2.05) is 20.8 Å². The lowest BCUT2D eigenvalue weighted by Crippen LogP contribution is -2.51. The van der Waals surface area contributed by atoms with Gasteiger partial charge in [0.15, 0.2) is 8.32 Å². The number of aromatic nitrogens is 2. The summed E-state index contributed by atoms with van der Waals surface area (Å²) in [6.45, 7) is 21.4. The number of hydrogen-bond acceptors (Lipinski definition) is 6. The van der Waals surface area contributed by atoms with Crippen molar-refractivity contribution in [3.63, 3.8) is 0 Å². The molecule has 1 aromatic heterocycles. The van der Waals surface area contributed by atoms with Crippen LogP contribution in [0.25, 0.3) is 0 Å². The summed E-state index contributed by atoms with van der Waals surface area (Å²) in [5.74, 6) is 0.829. The SMILES string of the molecule is CC(C)(C)OC(=O)N1CC(c2nnccc2N2CCC(CO[Si](C)(C)C(C)(C)C)CC2)C1. The molecule has 8 heteroatoms. The molecule has 0 aliphatic carbocycles. The lowest BCUT2D eigenvalue weighted by Gasteiger charge is -2.42. The maximum atomic E-state index is 12.3. The fourth-order valence-corrected chi connectivity index (χ4v) is 4.99. The van der Waals surface area contributed by atoms with Gasteiger partial charge in [0.1, 0.15) is 5.60 Å². The minimum absolute atomic E-state index is 0.214. The van der Waals surface area contributed by atoms with Crippen molar-refractivity contribution in [3.8, 4) is 0 Å². The molecule has 1 amide bonds. The summed E-state index contributed by atoms with van der Waals surface area (Å²) >= 11 is 0. The second-order valence-corrected chi connectivity index (χ2v) is 16.7. The molecule has 7 nitrogen and oxygen atoms in total. The van der Waals surface area contributed by atoms with Crippen molar-refractivity contribution in [2.24, 2.45) is 5.92 Å². The van der Waals surface area contributed by atoms with Gasteiger partial charge in [0.05, 0.1) is 17.6 Å². The van der Waals surface area contributed by atoms with Crippen molar-refractivity contribution >= 4 is 20.1 Å². The number of anilines is 1. The van der Waals surface area contributed by atoms with E-state index >= 15 is 0 Å². The highest BCUT2D eigenvalue weighted by Gasteiger charge is 2.39. The predicted molar refractivity (Wildman–Crippen MR) is 131 cm³/mol. The first-order valence-corrected chi connectivity index (χ1v) is 14.9. The third-order valence-corrected chi connectivity index (χ3v) is 11.6. The topological polar surface area (TPSA) is 67.8 Å². The molecular weight excluding hydrogens is 420 g/mol. The molecule has 3 heterocycles. The zero-order valence-corrected chi connectivity index (χ0v) is 22.3. The third-order valence-electron chi connectivity index (χ3n) is 7.09. The van der Waals surface area contributed by atoms with Crippen LogP contribution >= 0.6 is 0 Å². The molecule has 2 aliphatic heterocycles. The molecule has 2 saturated heterocycles. The van der Waals surface area contributed by atoms with Crippen LogP contribution < -0.4 is 4.90 Å². The molecule has 0 spiro atoms. The van der Waals surface area contributed by atoms with Crippen LogP contribution in [0, 0.1) is 5.92 Å². The number of carbonyl (C=O) groups excluding carboxylic acids is 1. The number of amides is 1. The first-order chi connectivity index (χ1) is 14.8. The minimum atomic E-state index is -1.70. The van der Waals surface area contributed by atoms with E-state index in [9.17, 15) is 4.79 Å². The molecule has 0 unspecified atom stereocenters. The Bertz CT molecular complexity index is 789. The Balaban J connectivity index is 1.54. The zero-order valence-electron chi connectivity index (χ0n) is 21.3. The Hall–Kier alpha value is -1.67. The van der Waals surface area contributed by atoms with Gasteiger partial charge in [-0.25, -0.2) is 4.79 Å². The van der Waals surface area contributed by atoms with E-state index in [1.165, 1.54) is 0 Å². The molecule has 1 aromatic rings. The van der Waals surface area contributed by atoms with Crippen molar-refractivity contribution in [2.75, 3.05) is 37.7 Å². The lowest BCUT2D eigenvalue weighted by molar-refractivity contribution is 0.00783. The van der Waals surface area contributed by atoms with Crippen molar-refractivity contribution in [2.45, 2.75) is 84.0 Å². The quantitative estimate of drug-likeness (QED) is 0.571. The maximum Gasteiger partial charge on any atom is 0.410 e. The van der Waals surface area contributed by atoms with Crippen LogP contribution in [0.5, 0.6) is 0 Å². The van der Waals surface area contributed by atoms with Gasteiger partial charge in [0, 0.05) is 38.7 Å². The highest BCUT2D eigenvalue weighted by atomic mass is 28.4. The molecular formula is C24H42N4O3Si. The Labute approximate surface area is 195 Å². The molecule has 0 radical (unpaired) electrons. The van der Waals surface area contributed by atoms with E-state index in [-0.39, 0.29) is 17.0 Å². The van der Waals surface area contributed by atoms with Crippen LogP contribution in [0.3, 0.4) is 0 Å². The molecule has 180 valence electrons. The average molecular weight is 463 g/mol. The number of piperidine rings is 1. The molecule has 0 atom stereocenters. The predicted octanol–water partition coefficient (Wildman–Crippen LogP) is 5.05. The molecule has 2 fully saturated rings. The summed E-state index contributed by atoms with van der Waals surface area (Å²) < 4.78 is 12.0. The Morgan fingerprint density at radius 1 is 1.12 bits per heavy atom. The van der Waals surface area contributed by atoms with Gasteiger partial charge >= 0.3 is 6.09 Å². The summed E-state index contributed by atoms with van der Waals surface area (Å²) in [7, 11) is -1.70. The smallest absolute Gasteiger partial charge is 0.410 e. The molecule has 3 rings (SSSR count). The fraction of sp³-hybridized carbons (Fsp3) is 0.792. The van der Waals surface area contributed by atoms with Gasteiger partial charge in [-0.05, 0) is 63.7 Å². The highest BCUT2D eigenvalue weighted by molar-refractivity contribution is 6.74. The Kier molecular flexibility index (Phi) is 7.25. The van der Waals surface area contributed by atoms with Gasteiger partial charge in [-0.3, -0.25) is 0 Å². The van der Waals surface area contributed by atoms with Crippen LogP contribution in [0.1, 0.15) is 66.0 Å². The standard InChI is InChI=1S/C24H42N4O3Si/c1-23(2,3)31-22(29)28-15-19(16-28)21-20(9-12-25-26-21)27-13-10-18(11-14-27)17-30-32(7,8)24(4,5)6/h9,12,18-19H,10-11,13-17H2,1-8H3. The summed E-state index contributed by atoms with van der Waals surface area (Å²) in [6, 6.07) is 2.07. The molecule has 32 heavy (non-hydrogen) atoms. The van der Waals surface area contributed by atoms with Crippen LogP contribution in [-0.4, -0.2) is 67.9 Å². The number of hydrogen-bond donors (Lipinski definition) is 0. The number of likely N-dealkylation sites (tertiary alicyclic amines) is 1. The van der Waals surface area contributed by atoms with Crippen molar-refractivity contribution in [3.05, 3.63) is 18.0 Å². The molecule has 0 saturated carbocycles. The first-order valence-electron chi connectivity index (χ1n) is 12.0. The van der Waals surface area contributed by atoms with Crippen molar-refractivity contribution < 1.29 is 14.0 Å². The van der Waals surface area contributed by atoms with Crippen LogP contribution in [-0.2, 0) is 9.16 Å². The third kappa shape index (κ3) is 6.01. The van der Waals surface area contributed by atoms with E-state index in [1.54, 1.807) is 11.1 Å². The summed E-state index contributed by atoms with van der Waals surface area (Å²) in [5, 5.41) is 8.86. The van der Waals surface area contributed by atoms with Gasteiger partial charge in [0.25, 0.3) is 0 Å². The molecule has 0 N–H and O–H groups in total. The van der Waals surface area contributed by atoms with E-state index in [4.69, 9.17) is 9.16 Å². The van der Waals surface area contributed by atoms with Crippen LogP contribution in [0.2, 0.25) is 18.1 Å². The second-order valence-electron chi connectivity index (χ2n) is 11.9. The van der Waals surface area contributed by atoms with E-state index in [0.29, 0.717) is 19.0 Å². The summed E-state index contributed by atoms with van der Waals surface area (Å²) in [4.78, 5) is 16.5. The minimum Gasteiger partial charge on any atom is -0.444 e. The zero-order chi connectivity index (χ0) is 23.7. The Morgan fingerprint density at radius 3 is 2.31 bits per heavy atom. The maximum absolute atomic E-state index is 12.3. The highest BCUT2D eigenvalue weighted by Crippen LogP contribution is 2.38. The largest absolute Gasteiger partial charge is 0.444 e. The Morgan fingerprint density at radius 2 is 1.75 bits per heavy atom. The normalized spacial score (nSPS) is 19.1. The number of carbonyl (C=O) groups is 1. The fourth-order valence-electron chi connectivity index (χ4n) is 3.90. The van der Waals surface area contributed by atoms with Gasteiger partial charge in [-0.15, -0.1) is 0 Å². The lowest BCUT2D eigenvalue weighted by atomic mass is 9.93. The van der Waals surface area contributed by atoms with Crippen LogP contribution in [0.15, 0.2) is 12.3 Å². The van der Waals surface area contributed by atoms with Gasteiger partial charge in [0.2, 0.25) is 0 Å². The second kappa shape index (κ2) is 9.29. The van der Waals surface area contributed by atoms with Crippen molar-refractivity contribution in [1.82, 2.24) is 15.1 Å².